The van der Waals surface area contributed by atoms with Gasteiger partial charge in [-0.1, -0.05) is 25.0 Å². The number of thioether (sulfide) groups is 1. The van der Waals surface area contributed by atoms with Crippen LogP contribution < -0.4 is 0 Å². The standard InChI is InChI=1S/C16H18N2O2S/c19-13-7-5-12(6-8-13)11-14-15(20)17-16(21-14)18-9-3-1-2-4-10-18/h5-8,11,19H,1-4,9-10H2. The molecule has 0 aliphatic carbocycles. The number of likely N-dealkylation sites (tertiary alicyclic amines) is 1. The molecule has 1 aromatic rings. The number of phenolic OH excluding ortho intramolecular Hbond substituents is 1. The Hall–Kier alpha value is -1.75. The highest BCUT2D eigenvalue weighted by molar-refractivity contribution is 8.18. The van der Waals surface area contributed by atoms with Crippen molar-refractivity contribution in [2.45, 2.75) is 25.7 Å². The molecule has 0 saturated carbocycles. The van der Waals surface area contributed by atoms with E-state index < -0.39 is 0 Å². The lowest BCUT2D eigenvalue weighted by Gasteiger charge is -2.20. The van der Waals surface area contributed by atoms with Gasteiger partial charge in [0.2, 0.25) is 0 Å². The van der Waals surface area contributed by atoms with Gasteiger partial charge in [0.1, 0.15) is 5.75 Å². The number of amidine groups is 1. The Balaban J connectivity index is 1.73. The highest BCUT2D eigenvalue weighted by Gasteiger charge is 2.26. The number of rotatable bonds is 1. The van der Waals surface area contributed by atoms with Crippen molar-refractivity contribution >= 4 is 28.9 Å². The third-order valence-electron chi connectivity index (χ3n) is 3.68. The van der Waals surface area contributed by atoms with Gasteiger partial charge >= 0.3 is 0 Å². The molecule has 3 rings (SSSR count). The monoisotopic (exact) mass is 302 g/mol. The number of aromatic hydroxyl groups is 1. The number of hydrogen-bond donors (Lipinski definition) is 1. The Bertz CT molecular complexity index is 585. The highest BCUT2D eigenvalue weighted by Crippen LogP contribution is 2.31. The fourth-order valence-corrected chi connectivity index (χ4v) is 3.48. The molecule has 0 atom stereocenters. The normalized spacial score (nSPS) is 21.5. The molecule has 5 heteroatoms. The predicted octanol–water partition coefficient (Wildman–Crippen LogP) is 3.24. The summed E-state index contributed by atoms with van der Waals surface area (Å²) in [6.07, 6.45) is 6.70. The van der Waals surface area contributed by atoms with Crippen LogP contribution in [0.4, 0.5) is 0 Å². The fraction of sp³-hybridized carbons (Fsp3) is 0.375. The predicted molar refractivity (Wildman–Crippen MR) is 86.2 cm³/mol. The number of hydrogen-bond acceptors (Lipinski definition) is 4. The van der Waals surface area contributed by atoms with Crippen molar-refractivity contribution in [2.24, 2.45) is 4.99 Å². The van der Waals surface area contributed by atoms with Crippen molar-refractivity contribution in [3.63, 3.8) is 0 Å². The van der Waals surface area contributed by atoms with Gasteiger partial charge in [-0.15, -0.1) is 0 Å². The van der Waals surface area contributed by atoms with Gasteiger partial charge in [0.15, 0.2) is 5.17 Å². The first-order valence-electron chi connectivity index (χ1n) is 7.29. The first-order chi connectivity index (χ1) is 10.2. The minimum atomic E-state index is -0.160. The smallest absolute Gasteiger partial charge is 0.286 e. The average molecular weight is 302 g/mol. The molecule has 1 saturated heterocycles. The molecule has 1 amide bonds. The van der Waals surface area contributed by atoms with Crippen LogP contribution >= 0.6 is 11.8 Å². The lowest BCUT2D eigenvalue weighted by atomic mass is 10.2. The second-order valence-electron chi connectivity index (χ2n) is 5.30. The SMILES string of the molecule is O=C1N=C(N2CCCCCC2)SC1=Cc1ccc(O)cc1. The summed E-state index contributed by atoms with van der Waals surface area (Å²) >= 11 is 1.46. The average Bonchev–Trinajstić information content (AvgIpc) is 2.69. The Kier molecular flexibility index (Phi) is 4.29. The van der Waals surface area contributed by atoms with Gasteiger partial charge in [0.25, 0.3) is 5.91 Å². The molecule has 0 radical (unpaired) electrons. The topological polar surface area (TPSA) is 52.9 Å². The zero-order valence-electron chi connectivity index (χ0n) is 11.8. The largest absolute Gasteiger partial charge is 0.508 e. The number of benzene rings is 1. The van der Waals surface area contributed by atoms with Crippen LogP contribution in [0.15, 0.2) is 34.2 Å². The molecular weight excluding hydrogens is 284 g/mol. The lowest BCUT2D eigenvalue weighted by Crippen LogP contribution is -2.28. The van der Waals surface area contributed by atoms with Crippen LogP contribution in [0.1, 0.15) is 31.2 Å². The quantitative estimate of drug-likeness (QED) is 0.809. The van der Waals surface area contributed by atoms with E-state index >= 15 is 0 Å². The van der Waals surface area contributed by atoms with Crippen molar-refractivity contribution in [1.82, 2.24) is 4.90 Å². The first-order valence-corrected chi connectivity index (χ1v) is 8.10. The van der Waals surface area contributed by atoms with E-state index in [0.717, 1.165) is 23.8 Å². The molecule has 0 spiro atoms. The van der Waals surface area contributed by atoms with Crippen LogP contribution in [-0.2, 0) is 4.79 Å². The summed E-state index contributed by atoms with van der Waals surface area (Å²) in [5.41, 5.74) is 0.899. The van der Waals surface area contributed by atoms with Crippen LogP contribution in [0, 0.1) is 0 Å². The summed E-state index contributed by atoms with van der Waals surface area (Å²) in [4.78, 5) is 19.1. The number of nitrogens with zero attached hydrogens (tertiary/aromatic N) is 2. The summed E-state index contributed by atoms with van der Waals surface area (Å²) in [5, 5.41) is 10.1. The number of amides is 1. The molecule has 0 aromatic heterocycles. The van der Waals surface area contributed by atoms with Gasteiger partial charge in [-0.2, -0.15) is 4.99 Å². The zero-order chi connectivity index (χ0) is 14.7. The van der Waals surface area contributed by atoms with Crippen LogP contribution in [0.5, 0.6) is 5.75 Å². The van der Waals surface area contributed by atoms with Crippen molar-refractivity contribution in [1.29, 1.82) is 0 Å². The van der Waals surface area contributed by atoms with Crippen molar-refractivity contribution < 1.29 is 9.90 Å². The third kappa shape index (κ3) is 3.47. The molecule has 110 valence electrons. The van der Waals surface area contributed by atoms with Gasteiger partial charge in [-0.05, 0) is 48.4 Å². The molecule has 2 aliphatic heterocycles. The van der Waals surface area contributed by atoms with Crippen molar-refractivity contribution in [3.05, 3.63) is 34.7 Å². The summed E-state index contributed by atoms with van der Waals surface area (Å²) < 4.78 is 0. The molecule has 1 aromatic carbocycles. The Morgan fingerprint density at radius 1 is 1.10 bits per heavy atom. The minimum absolute atomic E-state index is 0.160. The van der Waals surface area contributed by atoms with Crippen molar-refractivity contribution in [3.8, 4) is 5.75 Å². The van der Waals surface area contributed by atoms with E-state index in [9.17, 15) is 9.90 Å². The van der Waals surface area contributed by atoms with Gasteiger partial charge in [0.05, 0.1) is 4.91 Å². The molecule has 2 heterocycles. The highest BCUT2D eigenvalue weighted by atomic mass is 32.2. The maximum absolute atomic E-state index is 12.0. The molecule has 0 bridgehead atoms. The third-order valence-corrected chi connectivity index (χ3v) is 4.72. The summed E-state index contributed by atoms with van der Waals surface area (Å²) in [5.74, 6) is 0.0661. The number of carbonyl (C=O) groups is 1. The molecule has 21 heavy (non-hydrogen) atoms. The fourth-order valence-electron chi connectivity index (χ4n) is 2.52. The van der Waals surface area contributed by atoms with Crippen molar-refractivity contribution in [2.75, 3.05) is 13.1 Å². The Morgan fingerprint density at radius 2 is 1.76 bits per heavy atom. The van der Waals surface area contributed by atoms with Crippen LogP contribution in [0.25, 0.3) is 6.08 Å². The maximum Gasteiger partial charge on any atom is 0.286 e. The van der Waals surface area contributed by atoms with Gasteiger partial charge in [-0.3, -0.25) is 4.79 Å². The van der Waals surface area contributed by atoms with Crippen LogP contribution in [0.2, 0.25) is 0 Å². The molecule has 1 N–H and O–H groups in total. The maximum atomic E-state index is 12.0. The molecule has 4 nitrogen and oxygen atoms in total. The lowest BCUT2D eigenvalue weighted by molar-refractivity contribution is -0.113. The van der Waals surface area contributed by atoms with E-state index in [1.165, 1.54) is 37.4 Å². The Morgan fingerprint density at radius 3 is 2.43 bits per heavy atom. The van der Waals surface area contributed by atoms with E-state index in [1.807, 2.05) is 6.08 Å². The summed E-state index contributed by atoms with van der Waals surface area (Å²) in [6.45, 7) is 1.98. The van der Waals surface area contributed by atoms with E-state index in [0.29, 0.717) is 4.91 Å². The zero-order valence-corrected chi connectivity index (χ0v) is 12.6. The number of carbonyl (C=O) groups excluding carboxylic acids is 1. The summed E-state index contributed by atoms with van der Waals surface area (Å²) in [7, 11) is 0. The van der Waals surface area contributed by atoms with Gasteiger partial charge in [-0.25, -0.2) is 0 Å². The molecule has 0 unspecified atom stereocenters. The Labute approximate surface area is 128 Å². The minimum Gasteiger partial charge on any atom is -0.508 e. The van der Waals surface area contributed by atoms with E-state index in [-0.39, 0.29) is 11.7 Å². The van der Waals surface area contributed by atoms with Gasteiger partial charge < -0.3 is 10.0 Å². The molecule has 1 fully saturated rings. The van der Waals surface area contributed by atoms with Crippen LogP contribution in [0.3, 0.4) is 0 Å². The number of phenols is 1. The van der Waals surface area contributed by atoms with E-state index in [1.54, 1.807) is 24.3 Å². The first kappa shape index (κ1) is 14.2. The molecule has 2 aliphatic rings. The summed E-state index contributed by atoms with van der Waals surface area (Å²) in [6, 6.07) is 6.82. The van der Waals surface area contributed by atoms with Crippen LogP contribution in [-0.4, -0.2) is 34.2 Å². The second-order valence-corrected chi connectivity index (χ2v) is 6.31. The number of aliphatic imine (C=N–C) groups is 1. The van der Waals surface area contributed by atoms with Gasteiger partial charge in [0, 0.05) is 13.1 Å². The van der Waals surface area contributed by atoms with E-state index in [4.69, 9.17) is 0 Å². The molecular formula is C16H18N2O2S. The van der Waals surface area contributed by atoms with E-state index in [2.05, 4.69) is 9.89 Å². The second kappa shape index (κ2) is 6.35.